The molecule has 0 unspecified atom stereocenters. The Morgan fingerprint density at radius 3 is 0.500 bits per heavy atom. The molecule has 0 saturated carbocycles. The van der Waals surface area contributed by atoms with Crippen LogP contribution < -0.4 is 49.6 Å². The van der Waals surface area contributed by atoms with Gasteiger partial charge in [-0.3, -0.25) is 0 Å². The first-order valence-corrected chi connectivity index (χ1v) is 0. The first-order valence-electron chi connectivity index (χ1n) is 0. The van der Waals surface area contributed by atoms with Crippen LogP contribution in [0.25, 0.3) is 0 Å². The predicted octanol–water partition coefficient (Wildman–Crippen LogP) is -12.0. The molecule has 0 N–H and O–H groups in total. The van der Waals surface area contributed by atoms with Gasteiger partial charge in [-0.1, -0.05) is 0 Å². The van der Waals surface area contributed by atoms with Gasteiger partial charge in [0.15, 0.2) is 0 Å². The molecule has 0 heterocycles. The fourth-order valence-electron chi connectivity index (χ4n) is 0. The van der Waals surface area contributed by atoms with Crippen molar-refractivity contribution in [3.05, 3.63) is 0 Å². The Hall–Kier alpha value is 2.58. The molecule has 0 aromatic carbocycles. The van der Waals surface area contributed by atoms with E-state index in [0.29, 0.717) is 0 Å². The maximum absolute atomic E-state index is 0. The van der Waals surface area contributed by atoms with Gasteiger partial charge in [-0.2, -0.15) is 0 Å². The Labute approximate surface area is 92.3 Å². The van der Waals surface area contributed by atoms with E-state index in [1.807, 2.05) is 0 Å². The smallest absolute Gasteiger partial charge is 1.00 e. The molecule has 0 atom stereocenters. The average molecular weight is 313 g/mol. The van der Waals surface area contributed by atoms with Crippen LogP contribution in [-0.2, 0) is 43.8 Å². The first kappa shape index (κ1) is 74.2. The van der Waals surface area contributed by atoms with Crippen LogP contribution in [0.2, 0.25) is 0 Å². The van der Waals surface area contributed by atoms with Gasteiger partial charge in [0.2, 0.25) is 0 Å². The second kappa shape index (κ2) is 49.4. The SMILES string of the molecule is [Cd+2].[Cl-].[Cl-].[Cl-].[Cl-].[Ni+2]. The van der Waals surface area contributed by atoms with E-state index in [4.69, 9.17) is 0 Å². The van der Waals surface area contributed by atoms with E-state index in [9.17, 15) is 0 Å². The Morgan fingerprint density at radius 2 is 0.500 bits per heavy atom. The molecule has 0 bridgehead atoms. The molecule has 0 nitrogen and oxygen atoms in total. The molecule has 6 heavy (non-hydrogen) atoms. The summed E-state index contributed by atoms with van der Waals surface area (Å²) in [4.78, 5) is 0. The number of hydrogen-bond donors (Lipinski definition) is 0. The van der Waals surface area contributed by atoms with Crippen LogP contribution in [0.1, 0.15) is 0 Å². The van der Waals surface area contributed by atoms with Gasteiger partial charge in [0.25, 0.3) is 0 Å². The van der Waals surface area contributed by atoms with Gasteiger partial charge in [-0.15, -0.1) is 0 Å². The summed E-state index contributed by atoms with van der Waals surface area (Å²) in [5, 5.41) is 0. The minimum Gasteiger partial charge on any atom is -1.00 e. The summed E-state index contributed by atoms with van der Waals surface area (Å²) in [6.45, 7) is 0. The van der Waals surface area contributed by atoms with E-state index in [-0.39, 0.29) is 93.4 Å². The molecule has 0 spiro atoms. The number of rotatable bonds is 0. The Kier molecular flexibility index (Phi) is 611. The third-order valence-corrected chi connectivity index (χ3v) is 0. The molecule has 0 radical (unpaired) electrons. The summed E-state index contributed by atoms with van der Waals surface area (Å²) in [6, 6.07) is 0. The second-order valence-electron chi connectivity index (χ2n) is 0. The zero-order valence-electron chi connectivity index (χ0n) is 2.54. The van der Waals surface area contributed by atoms with E-state index in [1.165, 1.54) is 0 Å². The summed E-state index contributed by atoms with van der Waals surface area (Å²) in [7, 11) is 0. The van der Waals surface area contributed by atoms with Crippen molar-refractivity contribution in [1.82, 2.24) is 0 Å². The topological polar surface area (TPSA) is 0 Å². The molecule has 0 aliphatic carbocycles. The van der Waals surface area contributed by atoms with Crippen LogP contribution in [-0.4, -0.2) is 0 Å². The quantitative estimate of drug-likeness (QED) is 0.390. The third kappa shape index (κ3) is 30.8. The van der Waals surface area contributed by atoms with Crippen LogP contribution in [0, 0.1) is 0 Å². The molecule has 0 amide bonds. The van der Waals surface area contributed by atoms with Crippen LogP contribution >= 0.6 is 0 Å². The van der Waals surface area contributed by atoms with E-state index in [2.05, 4.69) is 0 Å². The van der Waals surface area contributed by atoms with Crippen LogP contribution in [0.3, 0.4) is 0 Å². The standard InChI is InChI=1S/Cd.4ClH.Ni/h;4*1H;/q+2;;;;;+2/p-4. The van der Waals surface area contributed by atoms with Crippen LogP contribution in [0.4, 0.5) is 0 Å². The summed E-state index contributed by atoms with van der Waals surface area (Å²) < 4.78 is 0. The summed E-state index contributed by atoms with van der Waals surface area (Å²) >= 11 is 0. The van der Waals surface area contributed by atoms with Gasteiger partial charge in [-0.05, 0) is 0 Å². The zero-order chi connectivity index (χ0) is 0. The second-order valence-corrected chi connectivity index (χ2v) is 0. The molecular formula is CdCl4Ni. The van der Waals surface area contributed by atoms with Crippen molar-refractivity contribution in [2.24, 2.45) is 0 Å². The largest absolute Gasteiger partial charge is 2.00 e. The molecule has 0 aliphatic rings. The van der Waals surface area contributed by atoms with Crippen molar-refractivity contribution in [3.8, 4) is 0 Å². The monoisotopic (exact) mass is 312 g/mol. The summed E-state index contributed by atoms with van der Waals surface area (Å²) in [6.07, 6.45) is 0. The minimum atomic E-state index is 0. The molecule has 0 aliphatic heterocycles. The number of hydrogen-bond acceptors (Lipinski definition) is 0. The minimum absolute atomic E-state index is 0. The van der Waals surface area contributed by atoms with Gasteiger partial charge < -0.3 is 49.6 Å². The summed E-state index contributed by atoms with van der Waals surface area (Å²) in [5.74, 6) is 0. The van der Waals surface area contributed by atoms with E-state index in [1.54, 1.807) is 0 Å². The van der Waals surface area contributed by atoms with Gasteiger partial charge in [0, 0.05) is 0 Å². The zero-order valence-corrected chi connectivity index (χ0v) is 10.6. The Balaban J connectivity index is 0. The van der Waals surface area contributed by atoms with Gasteiger partial charge >= 0.3 is 43.8 Å². The van der Waals surface area contributed by atoms with Crippen molar-refractivity contribution in [3.63, 3.8) is 0 Å². The summed E-state index contributed by atoms with van der Waals surface area (Å²) in [5.41, 5.74) is 0. The number of halogens is 4. The predicted molar refractivity (Wildman–Crippen MR) is 0 cm³/mol. The molecular weight excluding hydrogens is 313 g/mol. The normalized spacial score (nSPS) is 0. The molecule has 0 fully saturated rings. The van der Waals surface area contributed by atoms with Crippen molar-refractivity contribution in [1.29, 1.82) is 0 Å². The molecule has 0 aromatic heterocycles. The maximum Gasteiger partial charge on any atom is 2.00 e. The van der Waals surface area contributed by atoms with Crippen molar-refractivity contribution >= 4 is 0 Å². The maximum atomic E-state index is 0. The van der Waals surface area contributed by atoms with E-state index in [0.717, 1.165) is 0 Å². The van der Waals surface area contributed by atoms with Crippen molar-refractivity contribution < 1.29 is 93.4 Å². The van der Waals surface area contributed by atoms with E-state index < -0.39 is 0 Å². The Bertz CT molecular complexity index is 7.51. The molecule has 40 valence electrons. The van der Waals surface area contributed by atoms with Crippen molar-refractivity contribution in [2.75, 3.05) is 0 Å². The van der Waals surface area contributed by atoms with Gasteiger partial charge in [-0.25, -0.2) is 0 Å². The van der Waals surface area contributed by atoms with Crippen LogP contribution in [0.5, 0.6) is 0 Å². The molecule has 0 rings (SSSR count). The molecule has 0 saturated heterocycles. The first-order chi connectivity index (χ1) is 0. The average Bonchev–Trinajstić information content (AvgIpc) is 0. The fraction of sp³-hybridized carbons (Fsp3) is 0. The van der Waals surface area contributed by atoms with Gasteiger partial charge in [0.05, 0.1) is 0 Å². The third-order valence-electron chi connectivity index (χ3n) is 0. The molecule has 6 heteroatoms. The van der Waals surface area contributed by atoms with E-state index >= 15 is 0 Å². The van der Waals surface area contributed by atoms with Gasteiger partial charge in [0.1, 0.15) is 0 Å². The Morgan fingerprint density at radius 1 is 0.500 bits per heavy atom. The molecule has 0 aromatic rings. The van der Waals surface area contributed by atoms with Crippen LogP contribution in [0.15, 0.2) is 0 Å². The van der Waals surface area contributed by atoms with Crippen molar-refractivity contribution in [2.45, 2.75) is 0 Å². The fourth-order valence-corrected chi connectivity index (χ4v) is 0.